The van der Waals surface area contributed by atoms with Gasteiger partial charge in [-0.2, -0.15) is 10.2 Å². The molecule has 0 unspecified atom stereocenters. The second-order valence-electron chi connectivity index (χ2n) is 8.23. The number of nitrogens with one attached hydrogen (secondary N) is 2. The summed E-state index contributed by atoms with van der Waals surface area (Å²) in [5, 5.41) is 14.3. The topological polar surface area (TPSA) is 88.1 Å². The van der Waals surface area contributed by atoms with Gasteiger partial charge in [-0.25, -0.2) is 4.39 Å². The van der Waals surface area contributed by atoms with E-state index < -0.39 is 5.82 Å². The van der Waals surface area contributed by atoms with Gasteiger partial charge in [0, 0.05) is 48.1 Å². The fraction of sp³-hybridized carbons (Fsp3) is 0.292. The predicted molar refractivity (Wildman–Crippen MR) is 124 cm³/mol. The minimum absolute atomic E-state index is 0.195. The molecule has 33 heavy (non-hydrogen) atoms. The van der Waals surface area contributed by atoms with Gasteiger partial charge in [-0.1, -0.05) is 0 Å². The van der Waals surface area contributed by atoms with Crippen LogP contribution in [0.2, 0.25) is 0 Å². The Morgan fingerprint density at radius 2 is 2.00 bits per heavy atom. The second-order valence-corrected chi connectivity index (χ2v) is 8.23. The van der Waals surface area contributed by atoms with Crippen LogP contribution in [0, 0.1) is 5.82 Å². The zero-order chi connectivity index (χ0) is 22.8. The third-order valence-electron chi connectivity index (χ3n) is 5.87. The molecule has 0 radical (unpaired) electrons. The van der Waals surface area contributed by atoms with Crippen LogP contribution in [0.1, 0.15) is 23.3 Å². The van der Waals surface area contributed by atoms with Crippen LogP contribution in [0.5, 0.6) is 5.75 Å². The van der Waals surface area contributed by atoms with Gasteiger partial charge in [0.2, 0.25) is 0 Å². The highest BCUT2D eigenvalue weighted by Crippen LogP contribution is 2.28. The Hall–Kier alpha value is -3.72. The highest BCUT2D eigenvalue weighted by atomic mass is 19.1. The first-order valence-corrected chi connectivity index (χ1v) is 11.0. The summed E-state index contributed by atoms with van der Waals surface area (Å²) in [4.78, 5) is 15.3. The summed E-state index contributed by atoms with van der Waals surface area (Å²) in [6, 6.07) is 10.2. The molecule has 9 heteroatoms. The van der Waals surface area contributed by atoms with Gasteiger partial charge >= 0.3 is 0 Å². The average Bonchev–Trinajstić information content (AvgIpc) is 3.55. The van der Waals surface area contributed by atoms with Crippen molar-refractivity contribution in [1.82, 2.24) is 24.9 Å². The third-order valence-corrected chi connectivity index (χ3v) is 5.87. The number of carbonyl (C=O) groups is 1. The van der Waals surface area contributed by atoms with E-state index in [1.165, 1.54) is 18.9 Å². The lowest BCUT2D eigenvalue weighted by Gasteiger charge is -2.15. The minimum atomic E-state index is -0.411. The molecule has 2 aromatic carbocycles. The van der Waals surface area contributed by atoms with Gasteiger partial charge in [0.05, 0.1) is 11.7 Å². The highest BCUT2D eigenvalue weighted by Gasteiger charge is 2.18. The summed E-state index contributed by atoms with van der Waals surface area (Å²) in [6.45, 7) is 3.85. The minimum Gasteiger partial charge on any atom is -0.492 e. The lowest BCUT2D eigenvalue weighted by Crippen LogP contribution is -2.25. The number of ether oxygens (including phenoxy) is 1. The molecule has 3 heterocycles. The lowest BCUT2D eigenvalue weighted by atomic mass is 10.0. The van der Waals surface area contributed by atoms with Crippen LogP contribution in [0.15, 0.2) is 48.8 Å². The largest absolute Gasteiger partial charge is 0.492 e. The number of benzene rings is 2. The van der Waals surface area contributed by atoms with Gasteiger partial charge in [-0.15, -0.1) is 0 Å². The molecule has 8 nitrogen and oxygen atoms in total. The number of aromatic nitrogens is 4. The van der Waals surface area contributed by atoms with E-state index in [1.54, 1.807) is 42.3 Å². The number of carbonyl (C=O) groups excluding carboxylic acids is 1. The van der Waals surface area contributed by atoms with Crippen LogP contribution in [0.25, 0.3) is 22.0 Å². The van der Waals surface area contributed by atoms with E-state index >= 15 is 0 Å². The van der Waals surface area contributed by atoms with Crippen molar-refractivity contribution in [2.75, 3.05) is 31.6 Å². The van der Waals surface area contributed by atoms with Gasteiger partial charge in [-0.05, 0) is 56.3 Å². The van der Waals surface area contributed by atoms with Gasteiger partial charge < -0.3 is 10.1 Å². The smallest absolute Gasteiger partial charge is 0.276 e. The highest BCUT2D eigenvalue weighted by molar-refractivity contribution is 6.11. The van der Waals surface area contributed by atoms with Gasteiger partial charge in [0.25, 0.3) is 5.91 Å². The van der Waals surface area contributed by atoms with E-state index in [0.717, 1.165) is 25.4 Å². The molecule has 0 saturated carbocycles. The molecule has 1 amide bonds. The van der Waals surface area contributed by atoms with Crippen LogP contribution < -0.4 is 10.1 Å². The van der Waals surface area contributed by atoms with Crippen molar-refractivity contribution in [3.8, 4) is 16.9 Å². The van der Waals surface area contributed by atoms with Crippen LogP contribution in [-0.2, 0) is 7.05 Å². The van der Waals surface area contributed by atoms with E-state index in [0.29, 0.717) is 34.3 Å². The second kappa shape index (κ2) is 9.03. The fourth-order valence-corrected chi connectivity index (χ4v) is 4.12. The number of H-pyrrole nitrogens is 1. The number of nitrogens with zero attached hydrogens (tertiary/aromatic N) is 4. The molecule has 1 fully saturated rings. The fourth-order valence-electron chi connectivity index (χ4n) is 4.12. The molecule has 0 bridgehead atoms. The number of aromatic amines is 1. The molecular formula is C24H25FN6O2. The predicted octanol–water partition coefficient (Wildman–Crippen LogP) is 3.83. The summed E-state index contributed by atoms with van der Waals surface area (Å²) in [6.07, 6.45) is 5.83. The van der Waals surface area contributed by atoms with Crippen molar-refractivity contribution in [1.29, 1.82) is 0 Å². The number of aryl methyl sites for hydroxylation is 1. The quantitative estimate of drug-likeness (QED) is 0.449. The molecule has 170 valence electrons. The van der Waals surface area contributed by atoms with Crippen molar-refractivity contribution in [2.24, 2.45) is 7.05 Å². The Bertz CT molecular complexity index is 1270. The zero-order valence-electron chi connectivity index (χ0n) is 18.3. The molecular weight excluding hydrogens is 423 g/mol. The normalized spacial score (nSPS) is 14.1. The summed E-state index contributed by atoms with van der Waals surface area (Å²) in [5.41, 5.74) is 2.26. The molecule has 0 spiro atoms. The van der Waals surface area contributed by atoms with E-state index in [4.69, 9.17) is 4.74 Å². The van der Waals surface area contributed by atoms with Crippen LogP contribution in [0.4, 0.5) is 10.1 Å². The summed E-state index contributed by atoms with van der Waals surface area (Å²) in [7, 11) is 1.76. The molecule has 0 atom stereocenters. The van der Waals surface area contributed by atoms with Crippen molar-refractivity contribution in [2.45, 2.75) is 12.8 Å². The van der Waals surface area contributed by atoms with Crippen LogP contribution in [-0.4, -0.2) is 57.0 Å². The van der Waals surface area contributed by atoms with Crippen LogP contribution >= 0.6 is 0 Å². The number of anilines is 1. The maximum Gasteiger partial charge on any atom is 0.276 e. The Balaban J connectivity index is 1.27. The third kappa shape index (κ3) is 4.58. The molecule has 0 aliphatic carbocycles. The summed E-state index contributed by atoms with van der Waals surface area (Å²) in [5.74, 6) is -0.0341. The Morgan fingerprint density at radius 3 is 2.73 bits per heavy atom. The van der Waals surface area contributed by atoms with E-state index in [2.05, 4.69) is 25.5 Å². The Morgan fingerprint density at radius 1 is 1.21 bits per heavy atom. The molecule has 2 aromatic heterocycles. The number of likely N-dealkylation sites (tertiary alicyclic amines) is 1. The number of hydrogen-bond donors (Lipinski definition) is 2. The number of fused-ring (bicyclic) bond motifs is 1. The first-order chi connectivity index (χ1) is 16.1. The van der Waals surface area contributed by atoms with Crippen molar-refractivity contribution >= 4 is 22.5 Å². The number of amides is 1. The number of halogens is 1. The number of rotatable bonds is 7. The maximum absolute atomic E-state index is 14.6. The summed E-state index contributed by atoms with van der Waals surface area (Å²) >= 11 is 0. The molecule has 1 saturated heterocycles. The molecule has 1 aliphatic rings. The van der Waals surface area contributed by atoms with E-state index in [9.17, 15) is 9.18 Å². The van der Waals surface area contributed by atoms with E-state index in [-0.39, 0.29) is 11.6 Å². The Kier molecular flexibility index (Phi) is 5.78. The average molecular weight is 449 g/mol. The van der Waals surface area contributed by atoms with Gasteiger partial charge in [0.1, 0.15) is 18.2 Å². The van der Waals surface area contributed by atoms with Crippen LogP contribution in [0.3, 0.4) is 0 Å². The first kappa shape index (κ1) is 21.1. The Labute approximate surface area is 190 Å². The van der Waals surface area contributed by atoms with Gasteiger partial charge in [-0.3, -0.25) is 19.5 Å². The lowest BCUT2D eigenvalue weighted by molar-refractivity contribution is 0.102. The van der Waals surface area contributed by atoms with Crippen molar-refractivity contribution < 1.29 is 13.9 Å². The SMILES string of the molecule is Cn1cc(-c2cc3c(C(=O)Nc4ccc(OCCN5CCCC5)cc4)n[nH]c3cc2F)cn1. The van der Waals surface area contributed by atoms with Crippen molar-refractivity contribution in [3.05, 3.63) is 60.3 Å². The molecule has 5 rings (SSSR count). The van der Waals surface area contributed by atoms with Crippen molar-refractivity contribution in [3.63, 3.8) is 0 Å². The first-order valence-electron chi connectivity index (χ1n) is 11.0. The van der Waals surface area contributed by atoms with Gasteiger partial charge in [0.15, 0.2) is 5.69 Å². The maximum atomic E-state index is 14.6. The molecule has 2 N–H and O–H groups in total. The van der Waals surface area contributed by atoms with E-state index in [1.807, 2.05) is 12.1 Å². The molecule has 1 aliphatic heterocycles. The zero-order valence-corrected chi connectivity index (χ0v) is 18.3. The molecule has 4 aromatic rings. The monoisotopic (exact) mass is 448 g/mol. The summed E-state index contributed by atoms with van der Waals surface area (Å²) < 4.78 is 22.0. The number of hydrogen-bond acceptors (Lipinski definition) is 5. The standard InChI is InChI=1S/C24H25FN6O2/c1-30-15-16(14-26-30)19-12-20-22(13-21(19)25)28-29-23(20)24(32)27-17-4-6-18(7-5-17)33-11-10-31-8-2-3-9-31/h4-7,12-15H,2-3,8-11H2,1H3,(H,27,32)(H,28,29).